The second-order valence-corrected chi connectivity index (χ2v) is 7.68. The number of hydrogen-bond acceptors (Lipinski definition) is 6. The number of nitrogen functional groups attached to an aromatic ring is 1. The number of morpholine rings is 1. The highest BCUT2D eigenvalue weighted by Crippen LogP contribution is 2.26. The van der Waals surface area contributed by atoms with Gasteiger partial charge in [-0.25, -0.2) is 9.13 Å². The lowest BCUT2D eigenvalue weighted by Gasteiger charge is -2.26. The number of ether oxygens (including phenoxy) is 3. The summed E-state index contributed by atoms with van der Waals surface area (Å²) < 4.78 is 20.6. The van der Waals surface area contributed by atoms with Crippen molar-refractivity contribution >= 4 is 17.0 Å². The molecule has 1 saturated heterocycles. The molecule has 0 bridgehead atoms. The van der Waals surface area contributed by atoms with Crippen molar-refractivity contribution in [2.75, 3.05) is 52.3 Å². The molecule has 1 aliphatic heterocycles. The van der Waals surface area contributed by atoms with Gasteiger partial charge >= 0.3 is 5.95 Å². The minimum atomic E-state index is -0.726. The van der Waals surface area contributed by atoms with Gasteiger partial charge in [0.05, 0.1) is 26.9 Å². The first-order valence-electron chi connectivity index (χ1n) is 10.7. The molecule has 0 amide bonds. The Kier molecular flexibility index (Phi) is 6.91. The van der Waals surface area contributed by atoms with Crippen molar-refractivity contribution in [3.8, 4) is 11.5 Å². The number of anilines is 1. The first-order chi connectivity index (χ1) is 15.2. The summed E-state index contributed by atoms with van der Waals surface area (Å²) in [7, 11) is 1.60. The average Bonchev–Trinajstić information content (AvgIpc) is 3.08. The Hall–Kier alpha value is -2.81. The van der Waals surface area contributed by atoms with Crippen LogP contribution in [0.3, 0.4) is 0 Å². The third-order valence-corrected chi connectivity index (χ3v) is 5.65. The van der Waals surface area contributed by atoms with Crippen LogP contribution in [0.15, 0.2) is 48.5 Å². The van der Waals surface area contributed by atoms with Crippen molar-refractivity contribution in [1.29, 1.82) is 0 Å². The van der Waals surface area contributed by atoms with Gasteiger partial charge in [-0.1, -0.05) is 24.3 Å². The molecule has 1 unspecified atom stereocenters. The minimum Gasteiger partial charge on any atom is -0.493 e. The van der Waals surface area contributed by atoms with Gasteiger partial charge in [-0.3, -0.25) is 10.6 Å². The van der Waals surface area contributed by atoms with Crippen molar-refractivity contribution < 1.29 is 23.9 Å². The van der Waals surface area contributed by atoms with Gasteiger partial charge in [-0.05, 0) is 24.3 Å². The topological polar surface area (TPSA) is 86.0 Å². The van der Waals surface area contributed by atoms with E-state index < -0.39 is 6.10 Å². The molecule has 8 nitrogen and oxygen atoms in total. The normalized spacial score (nSPS) is 15.8. The maximum absolute atomic E-state index is 10.7. The number of para-hydroxylation sites is 4. The van der Waals surface area contributed by atoms with Gasteiger partial charge in [0, 0.05) is 19.6 Å². The molecule has 3 aromatic rings. The van der Waals surface area contributed by atoms with Gasteiger partial charge in [0.1, 0.15) is 30.3 Å². The summed E-state index contributed by atoms with van der Waals surface area (Å²) in [4.78, 5) is 2.39. The van der Waals surface area contributed by atoms with Crippen molar-refractivity contribution in [3.63, 3.8) is 0 Å². The number of benzene rings is 2. The lowest BCUT2D eigenvalue weighted by molar-refractivity contribution is -0.665. The summed E-state index contributed by atoms with van der Waals surface area (Å²) in [5.41, 5.74) is 8.60. The maximum Gasteiger partial charge on any atom is 0.356 e. The zero-order chi connectivity index (χ0) is 21.6. The number of methoxy groups -OCH3 is 1. The fourth-order valence-corrected chi connectivity index (χ4v) is 3.99. The molecule has 8 heteroatoms. The molecule has 4 rings (SSSR count). The minimum absolute atomic E-state index is 0.139. The molecule has 1 aromatic heterocycles. The van der Waals surface area contributed by atoms with E-state index >= 15 is 0 Å². The number of imidazole rings is 1. The van der Waals surface area contributed by atoms with Gasteiger partial charge < -0.3 is 19.3 Å². The Morgan fingerprint density at radius 3 is 2.55 bits per heavy atom. The third kappa shape index (κ3) is 4.92. The SMILES string of the molecule is COc1ccccc1OCC(O)C[n+]1c(N)n(CCN2CCOCC2)c2ccccc21. The lowest BCUT2D eigenvalue weighted by atomic mass is 10.3. The second-order valence-electron chi connectivity index (χ2n) is 7.68. The highest BCUT2D eigenvalue weighted by molar-refractivity contribution is 5.73. The van der Waals surface area contributed by atoms with Crippen LogP contribution in [-0.4, -0.2) is 67.2 Å². The molecule has 31 heavy (non-hydrogen) atoms. The Labute approximate surface area is 182 Å². The van der Waals surface area contributed by atoms with Crippen LogP contribution in [0.25, 0.3) is 11.0 Å². The smallest absolute Gasteiger partial charge is 0.356 e. The number of aliphatic hydroxyl groups excluding tert-OH is 1. The summed E-state index contributed by atoms with van der Waals surface area (Å²) in [6.45, 7) is 5.61. The molecule has 0 spiro atoms. The van der Waals surface area contributed by atoms with E-state index in [2.05, 4.69) is 15.5 Å². The number of nitrogens with two attached hydrogens (primary N) is 1. The lowest BCUT2D eigenvalue weighted by Crippen LogP contribution is -2.44. The number of aromatic nitrogens is 2. The van der Waals surface area contributed by atoms with Gasteiger partial charge in [0.2, 0.25) is 0 Å². The molecule has 1 aliphatic rings. The van der Waals surface area contributed by atoms with Crippen LogP contribution < -0.4 is 19.8 Å². The van der Waals surface area contributed by atoms with Crippen LogP contribution in [0.1, 0.15) is 0 Å². The standard InChI is InChI=1S/C23H30N4O4/c1-29-21-8-4-5-9-22(21)31-17-18(28)16-27-20-7-3-2-6-19(20)26(23(27)24)11-10-25-12-14-30-15-13-25/h2-9,18,24,28H,10-17H2,1H3/p+1. The quantitative estimate of drug-likeness (QED) is 0.501. The predicted molar refractivity (Wildman–Crippen MR) is 118 cm³/mol. The molecule has 0 aliphatic carbocycles. The highest BCUT2D eigenvalue weighted by atomic mass is 16.5. The number of hydrogen-bond donors (Lipinski definition) is 2. The van der Waals surface area contributed by atoms with Crippen LogP contribution in [-0.2, 0) is 17.8 Å². The zero-order valence-corrected chi connectivity index (χ0v) is 17.9. The molecular weight excluding hydrogens is 396 g/mol. The monoisotopic (exact) mass is 427 g/mol. The molecule has 2 heterocycles. The van der Waals surface area contributed by atoms with E-state index in [-0.39, 0.29) is 6.61 Å². The van der Waals surface area contributed by atoms with Gasteiger partial charge in [0.25, 0.3) is 0 Å². The van der Waals surface area contributed by atoms with Gasteiger partial charge in [0.15, 0.2) is 11.5 Å². The first kappa shape index (κ1) is 21.4. The summed E-state index contributed by atoms with van der Waals surface area (Å²) in [6.07, 6.45) is -0.726. The second kappa shape index (κ2) is 10.00. The van der Waals surface area contributed by atoms with E-state index in [0.717, 1.165) is 50.4 Å². The maximum atomic E-state index is 10.7. The number of fused-ring (bicyclic) bond motifs is 1. The number of rotatable bonds is 9. The molecule has 166 valence electrons. The van der Waals surface area contributed by atoms with E-state index in [4.69, 9.17) is 19.9 Å². The highest BCUT2D eigenvalue weighted by Gasteiger charge is 2.24. The summed E-state index contributed by atoms with van der Waals surface area (Å²) in [5.74, 6) is 1.88. The molecule has 3 N–H and O–H groups in total. The van der Waals surface area contributed by atoms with Crippen molar-refractivity contribution in [3.05, 3.63) is 48.5 Å². The van der Waals surface area contributed by atoms with Crippen molar-refractivity contribution in [2.45, 2.75) is 19.2 Å². The molecule has 0 radical (unpaired) electrons. The van der Waals surface area contributed by atoms with Crippen molar-refractivity contribution in [1.82, 2.24) is 9.47 Å². The molecule has 1 fully saturated rings. The van der Waals surface area contributed by atoms with Crippen molar-refractivity contribution in [2.24, 2.45) is 0 Å². The van der Waals surface area contributed by atoms with Crippen LogP contribution in [0.5, 0.6) is 11.5 Å². The first-order valence-corrected chi connectivity index (χ1v) is 10.7. The zero-order valence-electron chi connectivity index (χ0n) is 17.9. The molecule has 2 aromatic carbocycles. The summed E-state index contributed by atoms with van der Waals surface area (Å²) in [6, 6.07) is 15.5. The fourth-order valence-electron chi connectivity index (χ4n) is 3.99. The van der Waals surface area contributed by atoms with E-state index in [9.17, 15) is 5.11 Å². The molecular formula is C23H31N4O4+. The number of nitrogens with zero attached hydrogens (tertiary/aromatic N) is 3. The van der Waals surface area contributed by atoms with E-state index in [1.807, 2.05) is 47.0 Å². The fraction of sp³-hybridized carbons (Fsp3) is 0.435. The molecule has 0 saturated carbocycles. The van der Waals surface area contributed by atoms with Crippen LogP contribution in [0, 0.1) is 0 Å². The Morgan fingerprint density at radius 2 is 1.77 bits per heavy atom. The Morgan fingerprint density at radius 1 is 1.06 bits per heavy atom. The van der Waals surface area contributed by atoms with Gasteiger partial charge in [-0.15, -0.1) is 0 Å². The van der Waals surface area contributed by atoms with Crippen LogP contribution in [0.2, 0.25) is 0 Å². The summed E-state index contributed by atoms with van der Waals surface area (Å²) in [5, 5.41) is 10.7. The largest absolute Gasteiger partial charge is 0.493 e. The van der Waals surface area contributed by atoms with E-state index in [0.29, 0.717) is 24.0 Å². The van der Waals surface area contributed by atoms with E-state index in [1.165, 1.54) is 0 Å². The predicted octanol–water partition coefficient (Wildman–Crippen LogP) is 1.29. The van der Waals surface area contributed by atoms with Gasteiger partial charge in [-0.2, -0.15) is 0 Å². The Bertz CT molecular complexity index is 1000. The van der Waals surface area contributed by atoms with Crippen LogP contribution in [0.4, 0.5) is 5.95 Å². The average molecular weight is 428 g/mol. The summed E-state index contributed by atoms with van der Waals surface area (Å²) >= 11 is 0. The van der Waals surface area contributed by atoms with E-state index in [1.54, 1.807) is 7.11 Å². The van der Waals surface area contributed by atoms with Crippen LogP contribution >= 0.6 is 0 Å². The molecule has 1 atom stereocenters. The Balaban J connectivity index is 1.47. The third-order valence-electron chi connectivity index (χ3n) is 5.65. The number of aliphatic hydroxyl groups is 1.